The summed E-state index contributed by atoms with van der Waals surface area (Å²) in [5, 5.41) is 11.5. The Bertz CT molecular complexity index is 983. The molecule has 2 aromatic heterocycles. The molecule has 0 saturated heterocycles. The average Bonchev–Trinajstić information content (AvgIpc) is 3.05. The summed E-state index contributed by atoms with van der Waals surface area (Å²) in [6.45, 7) is 2.17. The summed E-state index contributed by atoms with van der Waals surface area (Å²) < 4.78 is 11.4. The second kappa shape index (κ2) is 8.50. The molecule has 27 heavy (non-hydrogen) atoms. The van der Waals surface area contributed by atoms with Crippen LogP contribution in [0.1, 0.15) is 40.6 Å². The Kier molecular flexibility index (Phi) is 6.36. The molecule has 0 atom stereocenters. The molecule has 0 saturated carbocycles. The molecule has 0 amide bonds. The molecule has 0 aliphatic rings. The van der Waals surface area contributed by atoms with Crippen LogP contribution in [0, 0.1) is 0 Å². The first-order valence-electron chi connectivity index (χ1n) is 7.79. The predicted octanol–water partition coefficient (Wildman–Crippen LogP) is 3.97. The van der Waals surface area contributed by atoms with Gasteiger partial charge in [0.15, 0.2) is 0 Å². The minimum Gasteiger partial charge on any atom is -0.489 e. The standard InChI is InChI=1S/C18H16N2O5S.CH4/c1-2-24-18(23)13-7-20-16(19)14-11(9-26-15(13)14)8-25-12-5-3-4-10(6-12)17(21)22;/h3-7,9H,2,8H2,1H3,(H2,19,20)(H,21,22);1H4. The average molecular weight is 388 g/mol. The van der Waals surface area contributed by atoms with Crippen LogP contribution < -0.4 is 10.5 Å². The van der Waals surface area contributed by atoms with Gasteiger partial charge >= 0.3 is 11.9 Å². The lowest BCUT2D eigenvalue weighted by Gasteiger charge is -2.08. The maximum atomic E-state index is 12.1. The third kappa shape index (κ3) is 4.17. The summed E-state index contributed by atoms with van der Waals surface area (Å²) in [5.74, 6) is -0.748. The van der Waals surface area contributed by atoms with E-state index >= 15 is 0 Å². The maximum absolute atomic E-state index is 12.1. The number of nitrogen functional groups attached to an aromatic ring is 1. The van der Waals surface area contributed by atoms with Gasteiger partial charge in [0.25, 0.3) is 0 Å². The number of carbonyl (C=O) groups excluding carboxylic acids is 1. The van der Waals surface area contributed by atoms with Gasteiger partial charge in [0, 0.05) is 17.1 Å². The van der Waals surface area contributed by atoms with Gasteiger partial charge < -0.3 is 20.3 Å². The lowest BCUT2D eigenvalue weighted by atomic mass is 10.1. The number of aromatic nitrogens is 1. The molecule has 0 fully saturated rings. The monoisotopic (exact) mass is 388 g/mol. The smallest absolute Gasteiger partial charge is 0.341 e. The molecular weight excluding hydrogens is 368 g/mol. The zero-order valence-electron chi connectivity index (χ0n) is 13.9. The second-order valence-corrected chi connectivity index (χ2v) is 6.24. The zero-order chi connectivity index (χ0) is 18.7. The highest BCUT2D eigenvalue weighted by atomic mass is 32.1. The largest absolute Gasteiger partial charge is 0.489 e. The molecular formula is C19H20N2O5S. The van der Waals surface area contributed by atoms with E-state index in [4.69, 9.17) is 20.3 Å². The van der Waals surface area contributed by atoms with E-state index in [2.05, 4.69) is 4.98 Å². The number of thiophene rings is 1. The number of aromatic carboxylic acids is 1. The maximum Gasteiger partial charge on any atom is 0.341 e. The Morgan fingerprint density at radius 2 is 2.11 bits per heavy atom. The van der Waals surface area contributed by atoms with Crippen LogP contribution >= 0.6 is 11.3 Å². The Labute approximate surface area is 160 Å². The van der Waals surface area contributed by atoms with E-state index in [0.29, 0.717) is 27.2 Å². The SMILES string of the molecule is C.CCOC(=O)c1cnc(N)c2c(COc3cccc(C(=O)O)c3)csc12. The Morgan fingerprint density at radius 3 is 2.81 bits per heavy atom. The van der Waals surface area contributed by atoms with E-state index in [1.54, 1.807) is 19.1 Å². The van der Waals surface area contributed by atoms with Gasteiger partial charge in [-0.15, -0.1) is 11.3 Å². The van der Waals surface area contributed by atoms with E-state index in [1.165, 1.54) is 29.7 Å². The number of nitrogens with zero attached hydrogens (tertiary/aromatic N) is 1. The molecule has 3 N–H and O–H groups in total. The Hall–Kier alpha value is -3.13. The first-order chi connectivity index (χ1) is 12.5. The molecule has 7 nitrogen and oxygen atoms in total. The van der Waals surface area contributed by atoms with Gasteiger partial charge in [-0.2, -0.15) is 0 Å². The number of carboxylic acid groups (broad SMARTS) is 1. The normalized spacial score (nSPS) is 10.3. The summed E-state index contributed by atoms with van der Waals surface area (Å²) in [7, 11) is 0. The van der Waals surface area contributed by atoms with Crippen LogP contribution in [0.25, 0.3) is 10.1 Å². The molecule has 142 valence electrons. The molecule has 0 bridgehead atoms. The topological polar surface area (TPSA) is 112 Å². The van der Waals surface area contributed by atoms with Crippen LogP contribution in [0.5, 0.6) is 5.75 Å². The predicted molar refractivity (Wildman–Crippen MR) is 104 cm³/mol. The highest BCUT2D eigenvalue weighted by Crippen LogP contribution is 2.33. The van der Waals surface area contributed by atoms with Gasteiger partial charge in [0.1, 0.15) is 18.2 Å². The van der Waals surface area contributed by atoms with Crippen LogP contribution in [0.2, 0.25) is 0 Å². The summed E-state index contributed by atoms with van der Waals surface area (Å²) in [5.41, 5.74) is 7.26. The van der Waals surface area contributed by atoms with Gasteiger partial charge in [0.05, 0.1) is 22.4 Å². The van der Waals surface area contributed by atoms with Crippen molar-refractivity contribution in [2.24, 2.45) is 0 Å². The van der Waals surface area contributed by atoms with E-state index in [-0.39, 0.29) is 26.2 Å². The number of carboxylic acids is 1. The van der Waals surface area contributed by atoms with Crippen molar-refractivity contribution in [3.63, 3.8) is 0 Å². The molecule has 3 rings (SSSR count). The number of fused-ring (bicyclic) bond motifs is 1. The number of ether oxygens (including phenoxy) is 2. The summed E-state index contributed by atoms with van der Waals surface area (Å²) in [6, 6.07) is 6.22. The molecule has 0 unspecified atom stereocenters. The Balaban J connectivity index is 0.00000261. The molecule has 3 aromatic rings. The molecule has 0 aliphatic carbocycles. The van der Waals surface area contributed by atoms with Crippen molar-refractivity contribution >= 4 is 39.2 Å². The van der Waals surface area contributed by atoms with Crippen molar-refractivity contribution in [3.8, 4) is 5.75 Å². The number of hydrogen-bond acceptors (Lipinski definition) is 7. The summed E-state index contributed by atoms with van der Waals surface area (Å²) in [6.07, 6.45) is 1.41. The molecule has 1 aromatic carbocycles. The van der Waals surface area contributed by atoms with Crippen molar-refractivity contribution in [3.05, 3.63) is 52.5 Å². The van der Waals surface area contributed by atoms with Crippen LogP contribution in [0.3, 0.4) is 0 Å². The number of hydrogen-bond donors (Lipinski definition) is 2. The highest BCUT2D eigenvalue weighted by molar-refractivity contribution is 7.17. The fourth-order valence-electron chi connectivity index (χ4n) is 2.47. The minimum atomic E-state index is -1.02. The number of carbonyl (C=O) groups is 2. The number of rotatable bonds is 6. The molecule has 8 heteroatoms. The van der Waals surface area contributed by atoms with Crippen LogP contribution in [-0.2, 0) is 11.3 Å². The minimum absolute atomic E-state index is 0. The number of pyridine rings is 1. The molecule has 0 aliphatic heterocycles. The second-order valence-electron chi connectivity index (χ2n) is 5.36. The molecule has 0 radical (unpaired) electrons. The van der Waals surface area contributed by atoms with Gasteiger partial charge in [0.2, 0.25) is 0 Å². The van der Waals surface area contributed by atoms with Crippen molar-refractivity contribution < 1.29 is 24.2 Å². The fourth-order valence-corrected chi connectivity index (χ4v) is 3.53. The molecule has 2 heterocycles. The van der Waals surface area contributed by atoms with E-state index < -0.39 is 11.9 Å². The number of anilines is 1. The first-order valence-corrected chi connectivity index (χ1v) is 8.67. The van der Waals surface area contributed by atoms with Gasteiger partial charge in [-0.25, -0.2) is 14.6 Å². The first kappa shape index (κ1) is 20.2. The number of benzene rings is 1. The van der Waals surface area contributed by atoms with E-state index in [0.717, 1.165) is 5.56 Å². The summed E-state index contributed by atoms with van der Waals surface area (Å²) >= 11 is 1.36. The van der Waals surface area contributed by atoms with Crippen LogP contribution in [0.15, 0.2) is 35.8 Å². The zero-order valence-corrected chi connectivity index (χ0v) is 14.7. The van der Waals surface area contributed by atoms with Crippen molar-refractivity contribution in [1.82, 2.24) is 4.98 Å². The lowest BCUT2D eigenvalue weighted by Crippen LogP contribution is -2.07. The van der Waals surface area contributed by atoms with Gasteiger partial charge in [-0.3, -0.25) is 0 Å². The molecule has 0 spiro atoms. The van der Waals surface area contributed by atoms with Crippen LogP contribution in [-0.4, -0.2) is 28.6 Å². The Morgan fingerprint density at radius 1 is 1.33 bits per heavy atom. The number of nitrogens with two attached hydrogens (primary N) is 1. The van der Waals surface area contributed by atoms with Crippen LogP contribution in [0.4, 0.5) is 5.82 Å². The van der Waals surface area contributed by atoms with Crippen molar-refractivity contribution in [2.75, 3.05) is 12.3 Å². The highest BCUT2D eigenvalue weighted by Gasteiger charge is 2.18. The van der Waals surface area contributed by atoms with Crippen molar-refractivity contribution in [1.29, 1.82) is 0 Å². The third-order valence-corrected chi connectivity index (χ3v) is 4.73. The number of esters is 1. The fraction of sp³-hybridized carbons (Fsp3) is 0.211. The summed E-state index contributed by atoms with van der Waals surface area (Å²) in [4.78, 5) is 27.2. The quantitative estimate of drug-likeness (QED) is 0.615. The van der Waals surface area contributed by atoms with E-state index in [1.807, 2.05) is 5.38 Å². The van der Waals surface area contributed by atoms with Crippen molar-refractivity contribution in [2.45, 2.75) is 21.0 Å². The third-order valence-electron chi connectivity index (χ3n) is 3.67. The van der Waals surface area contributed by atoms with E-state index in [9.17, 15) is 9.59 Å². The lowest BCUT2D eigenvalue weighted by molar-refractivity contribution is 0.0528. The van der Waals surface area contributed by atoms with Gasteiger partial charge in [-0.1, -0.05) is 13.5 Å². The van der Waals surface area contributed by atoms with Gasteiger partial charge in [-0.05, 0) is 30.5 Å².